The molecule has 0 spiro atoms. The maximum absolute atomic E-state index is 11.3. The molecule has 1 aliphatic heterocycles. The molecule has 2 heterocycles. The summed E-state index contributed by atoms with van der Waals surface area (Å²) in [5.74, 6) is 0.700. The standard InChI is InChI=1S/C10H14BrNO2S2/c11-8-3-9(15-5-8)4-10(12)7-1-2-16(13,14)6-7/h3,5,7,10H,1-2,4,6,12H2. The number of sulfone groups is 1. The molecule has 0 bridgehead atoms. The van der Waals surface area contributed by atoms with Crippen LogP contribution in [0.1, 0.15) is 11.3 Å². The van der Waals surface area contributed by atoms with Gasteiger partial charge in [0.25, 0.3) is 0 Å². The SMILES string of the molecule is NC(Cc1cc(Br)cs1)C1CCS(=O)(=O)C1. The Morgan fingerprint density at radius 1 is 1.62 bits per heavy atom. The van der Waals surface area contributed by atoms with Crippen molar-refractivity contribution in [1.29, 1.82) is 0 Å². The fourth-order valence-electron chi connectivity index (χ4n) is 2.02. The molecule has 2 unspecified atom stereocenters. The zero-order valence-electron chi connectivity index (χ0n) is 8.73. The first-order valence-electron chi connectivity index (χ1n) is 5.15. The number of rotatable bonds is 3. The summed E-state index contributed by atoms with van der Waals surface area (Å²) in [6.07, 6.45) is 1.49. The molecule has 6 heteroatoms. The first-order valence-corrected chi connectivity index (χ1v) is 8.64. The zero-order chi connectivity index (χ0) is 11.8. The normalized spacial score (nSPS) is 25.8. The average Bonchev–Trinajstić information content (AvgIpc) is 2.72. The van der Waals surface area contributed by atoms with Gasteiger partial charge in [-0.05, 0) is 40.8 Å². The highest BCUT2D eigenvalue weighted by molar-refractivity contribution is 9.10. The highest BCUT2D eigenvalue weighted by Gasteiger charge is 2.32. The Balaban J connectivity index is 1.96. The van der Waals surface area contributed by atoms with Crippen LogP contribution in [0.2, 0.25) is 0 Å². The minimum atomic E-state index is -2.81. The Labute approximate surface area is 108 Å². The van der Waals surface area contributed by atoms with Gasteiger partial charge in [0.1, 0.15) is 0 Å². The van der Waals surface area contributed by atoms with Crippen LogP contribution in [0.15, 0.2) is 15.9 Å². The minimum absolute atomic E-state index is 0.0391. The Bertz CT molecular complexity index is 469. The zero-order valence-corrected chi connectivity index (χ0v) is 11.9. The molecule has 1 aliphatic rings. The Morgan fingerprint density at radius 3 is 2.88 bits per heavy atom. The van der Waals surface area contributed by atoms with E-state index in [9.17, 15) is 8.42 Å². The van der Waals surface area contributed by atoms with Gasteiger partial charge in [-0.25, -0.2) is 8.42 Å². The summed E-state index contributed by atoms with van der Waals surface area (Å²) >= 11 is 5.06. The molecule has 1 aromatic rings. The molecule has 2 rings (SSSR count). The fraction of sp³-hybridized carbons (Fsp3) is 0.600. The minimum Gasteiger partial charge on any atom is -0.327 e. The molecule has 2 N–H and O–H groups in total. The van der Waals surface area contributed by atoms with E-state index in [2.05, 4.69) is 15.9 Å². The van der Waals surface area contributed by atoms with Crippen molar-refractivity contribution in [3.63, 3.8) is 0 Å². The average molecular weight is 324 g/mol. The van der Waals surface area contributed by atoms with E-state index in [1.165, 1.54) is 4.88 Å². The van der Waals surface area contributed by atoms with Gasteiger partial charge < -0.3 is 5.73 Å². The van der Waals surface area contributed by atoms with Crippen molar-refractivity contribution in [3.8, 4) is 0 Å². The second kappa shape index (κ2) is 4.76. The summed E-state index contributed by atoms with van der Waals surface area (Å²) in [4.78, 5) is 1.21. The van der Waals surface area contributed by atoms with Crippen molar-refractivity contribution in [2.24, 2.45) is 11.7 Å². The van der Waals surface area contributed by atoms with Gasteiger partial charge in [0, 0.05) is 20.8 Å². The van der Waals surface area contributed by atoms with E-state index in [0.717, 1.165) is 17.3 Å². The molecular weight excluding hydrogens is 310 g/mol. The fourth-order valence-corrected chi connectivity index (χ4v) is 5.44. The number of halogens is 1. The van der Waals surface area contributed by atoms with Gasteiger partial charge in [-0.1, -0.05) is 0 Å². The van der Waals surface area contributed by atoms with Crippen LogP contribution in [-0.2, 0) is 16.3 Å². The first-order chi connectivity index (χ1) is 7.46. The molecule has 90 valence electrons. The smallest absolute Gasteiger partial charge is 0.150 e. The van der Waals surface area contributed by atoms with Crippen LogP contribution in [0, 0.1) is 5.92 Å². The predicted molar refractivity (Wildman–Crippen MR) is 70.5 cm³/mol. The van der Waals surface area contributed by atoms with Crippen molar-refractivity contribution in [1.82, 2.24) is 0 Å². The van der Waals surface area contributed by atoms with E-state index < -0.39 is 9.84 Å². The summed E-state index contributed by atoms with van der Waals surface area (Å²) < 4.78 is 23.8. The maximum atomic E-state index is 11.3. The van der Waals surface area contributed by atoms with Crippen LogP contribution in [0.4, 0.5) is 0 Å². The van der Waals surface area contributed by atoms with E-state index in [4.69, 9.17) is 5.73 Å². The monoisotopic (exact) mass is 323 g/mol. The van der Waals surface area contributed by atoms with E-state index in [-0.39, 0.29) is 17.7 Å². The lowest BCUT2D eigenvalue weighted by molar-refractivity contribution is 0.463. The van der Waals surface area contributed by atoms with Gasteiger partial charge in [-0.15, -0.1) is 11.3 Å². The van der Waals surface area contributed by atoms with E-state index >= 15 is 0 Å². The molecule has 16 heavy (non-hydrogen) atoms. The molecule has 3 nitrogen and oxygen atoms in total. The summed E-state index contributed by atoms with van der Waals surface area (Å²) in [7, 11) is -2.81. The van der Waals surface area contributed by atoms with E-state index in [0.29, 0.717) is 5.75 Å². The van der Waals surface area contributed by atoms with Gasteiger partial charge in [-0.2, -0.15) is 0 Å². The van der Waals surface area contributed by atoms with Gasteiger partial charge in [0.2, 0.25) is 0 Å². The Kier molecular flexibility index (Phi) is 3.73. The molecule has 0 aromatic carbocycles. The number of nitrogens with two attached hydrogens (primary N) is 1. The Hall–Kier alpha value is 0.0900. The van der Waals surface area contributed by atoms with Crippen LogP contribution in [-0.4, -0.2) is 26.0 Å². The molecule has 0 saturated carbocycles. The maximum Gasteiger partial charge on any atom is 0.150 e. The molecule has 0 radical (unpaired) electrons. The van der Waals surface area contributed by atoms with Gasteiger partial charge >= 0.3 is 0 Å². The lowest BCUT2D eigenvalue weighted by Gasteiger charge is -2.16. The molecule has 1 saturated heterocycles. The van der Waals surface area contributed by atoms with E-state index in [1.807, 2.05) is 11.4 Å². The molecular formula is C10H14BrNO2S2. The largest absolute Gasteiger partial charge is 0.327 e. The van der Waals surface area contributed by atoms with Crippen LogP contribution >= 0.6 is 27.3 Å². The summed E-state index contributed by atoms with van der Waals surface area (Å²) in [6, 6.07) is 2.01. The second-order valence-electron chi connectivity index (χ2n) is 4.26. The Morgan fingerprint density at radius 2 is 2.38 bits per heavy atom. The molecule has 0 amide bonds. The molecule has 1 fully saturated rings. The summed E-state index contributed by atoms with van der Waals surface area (Å²) in [5.41, 5.74) is 6.07. The molecule has 2 atom stereocenters. The quantitative estimate of drug-likeness (QED) is 0.922. The molecule has 0 aliphatic carbocycles. The van der Waals surface area contributed by atoms with Crippen molar-refractivity contribution >= 4 is 37.1 Å². The van der Waals surface area contributed by atoms with Crippen molar-refractivity contribution in [3.05, 3.63) is 20.8 Å². The highest BCUT2D eigenvalue weighted by atomic mass is 79.9. The molecule has 1 aromatic heterocycles. The third-order valence-corrected chi connectivity index (χ3v) is 6.45. The van der Waals surface area contributed by atoms with Crippen LogP contribution in [0.25, 0.3) is 0 Å². The number of thiophene rings is 1. The van der Waals surface area contributed by atoms with Crippen LogP contribution in [0.5, 0.6) is 0 Å². The number of hydrogen-bond acceptors (Lipinski definition) is 4. The van der Waals surface area contributed by atoms with Gasteiger partial charge in [-0.3, -0.25) is 0 Å². The van der Waals surface area contributed by atoms with Gasteiger partial charge in [0.15, 0.2) is 9.84 Å². The third-order valence-electron chi connectivity index (χ3n) is 2.93. The lowest BCUT2D eigenvalue weighted by Crippen LogP contribution is -2.32. The van der Waals surface area contributed by atoms with Crippen molar-refractivity contribution in [2.75, 3.05) is 11.5 Å². The summed E-state index contributed by atoms with van der Waals surface area (Å²) in [6.45, 7) is 0. The topological polar surface area (TPSA) is 60.2 Å². The van der Waals surface area contributed by atoms with Gasteiger partial charge in [0.05, 0.1) is 11.5 Å². The second-order valence-corrected chi connectivity index (χ2v) is 8.40. The first kappa shape index (κ1) is 12.5. The van der Waals surface area contributed by atoms with Crippen LogP contribution < -0.4 is 5.73 Å². The predicted octanol–water partition coefficient (Wildman–Crippen LogP) is 1.82. The van der Waals surface area contributed by atoms with Crippen LogP contribution in [0.3, 0.4) is 0 Å². The number of hydrogen-bond donors (Lipinski definition) is 1. The van der Waals surface area contributed by atoms with Crippen molar-refractivity contribution < 1.29 is 8.42 Å². The van der Waals surface area contributed by atoms with E-state index in [1.54, 1.807) is 11.3 Å². The lowest BCUT2D eigenvalue weighted by atomic mass is 9.97. The highest BCUT2D eigenvalue weighted by Crippen LogP contribution is 2.26. The summed E-state index contributed by atoms with van der Waals surface area (Å²) in [5, 5.41) is 2.02. The third kappa shape index (κ3) is 3.06. The van der Waals surface area contributed by atoms with Crippen molar-refractivity contribution in [2.45, 2.75) is 18.9 Å².